The van der Waals surface area contributed by atoms with Gasteiger partial charge in [-0.25, -0.2) is 0 Å². The summed E-state index contributed by atoms with van der Waals surface area (Å²) in [6, 6.07) is 8.43. The molecule has 1 nitrogen and oxygen atoms in total. The van der Waals surface area contributed by atoms with Crippen LogP contribution in [0.25, 0.3) is 0 Å². The smallest absolute Gasteiger partial charge is 0.118 e. The van der Waals surface area contributed by atoms with Gasteiger partial charge in [-0.3, -0.25) is 0 Å². The minimum atomic E-state index is 0.948. The van der Waals surface area contributed by atoms with E-state index >= 15 is 0 Å². The predicted molar refractivity (Wildman–Crippen MR) is 78.2 cm³/mol. The maximum atomic E-state index is 5.15. The van der Waals surface area contributed by atoms with Crippen molar-refractivity contribution in [3.8, 4) is 5.75 Å². The molecule has 0 N–H and O–H groups in total. The van der Waals surface area contributed by atoms with Crippen molar-refractivity contribution in [1.82, 2.24) is 0 Å². The molecule has 0 heterocycles. The normalized spacial score (nSPS) is 10.5. The van der Waals surface area contributed by atoms with Gasteiger partial charge in [0.15, 0.2) is 0 Å². The summed E-state index contributed by atoms with van der Waals surface area (Å²) in [5.41, 5.74) is 1.42. The number of hydrogen-bond donors (Lipinski definition) is 0. The number of alkyl halides is 1. The average molecular weight is 299 g/mol. The molecule has 0 fully saturated rings. The summed E-state index contributed by atoms with van der Waals surface area (Å²) in [7, 11) is 1.71. The summed E-state index contributed by atoms with van der Waals surface area (Å²) in [5.74, 6) is 0.948. The molecule has 17 heavy (non-hydrogen) atoms. The molecule has 0 saturated heterocycles. The zero-order chi connectivity index (χ0) is 12.3. The van der Waals surface area contributed by atoms with Gasteiger partial charge >= 0.3 is 0 Å². The summed E-state index contributed by atoms with van der Waals surface area (Å²) in [5, 5.41) is 1.15. The summed E-state index contributed by atoms with van der Waals surface area (Å²) in [6.07, 6.45) is 9.31. The van der Waals surface area contributed by atoms with E-state index in [4.69, 9.17) is 4.74 Å². The van der Waals surface area contributed by atoms with Crippen LogP contribution in [0.15, 0.2) is 24.3 Å². The third kappa shape index (κ3) is 6.72. The van der Waals surface area contributed by atoms with Gasteiger partial charge in [0, 0.05) is 5.33 Å². The summed E-state index contributed by atoms with van der Waals surface area (Å²) in [4.78, 5) is 0. The van der Waals surface area contributed by atoms with Crippen LogP contribution >= 0.6 is 15.9 Å². The summed E-state index contributed by atoms with van der Waals surface area (Å²) < 4.78 is 5.15. The third-order valence-corrected chi connectivity index (χ3v) is 3.57. The molecular formula is C15H23BrO. The van der Waals surface area contributed by atoms with Crippen molar-refractivity contribution in [3.63, 3.8) is 0 Å². The highest BCUT2D eigenvalue weighted by molar-refractivity contribution is 9.09. The molecule has 0 unspecified atom stereocenters. The Morgan fingerprint density at radius 2 is 1.47 bits per heavy atom. The Kier molecular flexibility index (Phi) is 8.16. The van der Waals surface area contributed by atoms with E-state index in [0.717, 1.165) is 11.1 Å². The molecular weight excluding hydrogens is 276 g/mol. The molecule has 0 aliphatic carbocycles. The van der Waals surface area contributed by atoms with Crippen molar-refractivity contribution in [2.45, 2.75) is 44.9 Å². The van der Waals surface area contributed by atoms with Crippen LogP contribution in [0.3, 0.4) is 0 Å². The standard InChI is InChI=1S/C15H23BrO/c1-17-15-11-9-14(10-12-15)8-6-4-2-3-5-7-13-16/h9-12H,2-8,13H2,1H3. The lowest BCUT2D eigenvalue weighted by Crippen LogP contribution is -1.88. The SMILES string of the molecule is COc1ccc(CCCCCCCCBr)cc1. The van der Waals surface area contributed by atoms with Crippen LogP contribution in [0.5, 0.6) is 5.75 Å². The molecule has 0 aliphatic rings. The fourth-order valence-electron chi connectivity index (χ4n) is 1.92. The minimum Gasteiger partial charge on any atom is -0.497 e. The molecule has 96 valence electrons. The number of hydrogen-bond acceptors (Lipinski definition) is 1. The van der Waals surface area contributed by atoms with Gasteiger partial charge in [0.25, 0.3) is 0 Å². The van der Waals surface area contributed by atoms with Crippen molar-refractivity contribution in [1.29, 1.82) is 0 Å². The number of aryl methyl sites for hydroxylation is 1. The van der Waals surface area contributed by atoms with Crippen molar-refractivity contribution >= 4 is 15.9 Å². The lowest BCUT2D eigenvalue weighted by atomic mass is 10.1. The second-order valence-electron chi connectivity index (χ2n) is 4.41. The molecule has 0 aliphatic heterocycles. The van der Waals surface area contributed by atoms with Gasteiger partial charge in [0.1, 0.15) is 5.75 Å². The number of benzene rings is 1. The fraction of sp³-hybridized carbons (Fsp3) is 0.600. The topological polar surface area (TPSA) is 9.23 Å². The minimum absolute atomic E-state index is 0.948. The monoisotopic (exact) mass is 298 g/mol. The van der Waals surface area contributed by atoms with Crippen LogP contribution in [0.2, 0.25) is 0 Å². The molecule has 0 bridgehead atoms. The maximum absolute atomic E-state index is 5.15. The van der Waals surface area contributed by atoms with Crippen LogP contribution in [0, 0.1) is 0 Å². The first-order valence-electron chi connectivity index (χ1n) is 6.55. The molecule has 0 aromatic heterocycles. The molecule has 1 rings (SSSR count). The van der Waals surface area contributed by atoms with Gasteiger partial charge in [-0.15, -0.1) is 0 Å². The second-order valence-corrected chi connectivity index (χ2v) is 5.20. The fourth-order valence-corrected chi connectivity index (χ4v) is 2.32. The van der Waals surface area contributed by atoms with Gasteiger partial charge in [0.2, 0.25) is 0 Å². The number of rotatable bonds is 9. The van der Waals surface area contributed by atoms with Crippen LogP contribution in [-0.2, 0) is 6.42 Å². The highest BCUT2D eigenvalue weighted by Gasteiger charge is 1.95. The number of halogens is 1. The second kappa shape index (κ2) is 9.52. The lowest BCUT2D eigenvalue weighted by Gasteiger charge is -2.03. The van der Waals surface area contributed by atoms with Crippen LogP contribution in [0.4, 0.5) is 0 Å². The molecule has 2 heteroatoms. The van der Waals surface area contributed by atoms with E-state index < -0.39 is 0 Å². The summed E-state index contributed by atoms with van der Waals surface area (Å²) in [6.45, 7) is 0. The lowest BCUT2D eigenvalue weighted by molar-refractivity contribution is 0.414. The average Bonchev–Trinajstić information content (AvgIpc) is 2.38. The van der Waals surface area contributed by atoms with Crippen molar-refractivity contribution in [2.24, 2.45) is 0 Å². The van der Waals surface area contributed by atoms with Gasteiger partial charge in [0.05, 0.1) is 7.11 Å². The maximum Gasteiger partial charge on any atom is 0.118 e. The van der Waals surface area contributed by atoms with E-state index in [-0.39, 0.29) is 0 Å². The van der Waals surface area contributed by atoms with Crippen LogP contribution in [-0.4, -0.2) is 12.4 Å². The van der Waals surface area contributed by atoms with Gasteiger partial charge in [-0.1, -0.05) is 53.7 Å². The molecule has 1 aromatic rings. The Morgan fingerprint density at radius 3 is 2.06 bits per heavy atom. The van der Waals surface area contributed by atoms with Crippen molar-refractivity contribution < 1.29 is 4.74 Å². The Labute approximate surface area is 114 Å². The van der Waals surface area contributed by atoms with E-state index in [0.29, 0.717) is 0 Å². The van der Waals surface area contributed by atoms with Crippen molar-refractivity contribution in [2.75, 3.05) is 12.4 Å². The zero-order valence-corrected chi connectivity index (χ0v) is 12.3. The van der Waals surface area contributed by atoms with E-state index in [9.17, 15) is 0 Å². The van der Waals surface area contributed by atoms with Gasteiger partial charge in [-0.05, 0) is 37.0 Å². The highest BCUT2D eigenvalue weighted by Crippen LogP contribution is 2.14. The number of unbranched alkanes of at least 4 members (excludes halogenated alkanes) is 5. The molecule has 0 atom stereocenters. The first-order valence-corrected chi connectivity index (χ1v) is 7.68. The van der Waals surface area contributed by atoms with Gasteiger partial charge in [-0.2, -0.15) is 0 Å². The summed E-state index contributed by atoms with van der Waals surface area (Å²) >= 11 is 3.46. The van der Waals surface area contributed by atoms with E-state index in [1.807, 2.05) is 12.1 Å². The first kappa shape index (κ1) is 14.6. The van der Waals surface area contributed by atoms with Crippen LogP contribution in [0.1, 0.15) is 44.1 Å². The quantitative estimate of drug-likeness (QED) is 0.462. The van der Waals surface area contributed by atoms with Crippen LogP contribution < -0.4 is 4.74 Å². The molecule has 1 aromatic carbocycles. The Balaban J connectivity index is 2.05. The Morgan fingerprint density at radius 1 is 0.882 bits per heavy atom. The molecule has 0 amide bonds. The van der Waals surface area contributed by atoms with E-state index in [1.165, 1.54) is 50.5 Å². The van der Waals surface area contributed by atoms with E-state index in [2.05, 4.69) is 28.1 Å². The largest absolute Gasteiger partial charge is 0.497 e. The number of methoxy groups -OCH3 is 1. The number of ether oxygens (including phenoxy) is 1. The van der Waals surface area contributed by atoms with Gasteiger partial charge < -0.3 is 4.74 Å². The molecule has 0 saturated carbocycles. The Bertz CT molecular complexity index is 281. The van der Waals surface area contributed by atoms with Crippen molar-refractivity contribution in [3.05, 3.63) is 29.8 Å². The third-order valence-electron chi connectivity index (χ3n) is 3.01. The highest BCUT2D eigenvalue weighted by atomic mass is 79.9. The predicted octanol–water partition coefficient (Wildman–Crippen LogP) is 4.97. The zero-order valence-electron chi connectivity index (χ0n) is 10.8. The molecule has 0 radical (unpaired) electrons. The molecule has 0 spiro atoms. The van der Waals surface area contributed by atoms with E-state index in [1.54, 1.807) is 7.11 Å². The first-order chi connectivity index (χ1) is 8.36. The Hall–Kier alpha value is -0.500.